The van der Waals surface area contributed by atoms with Gasteiger partial charge in [-0.1, -0.05) is 6.07 Å². The van der Waals surface area contributed by atoms with Crippen LogP contribution in [0, 0.1) is 0 Å². The first-order valence-electron chi connectivity index (χ1n) is 5.59. The molecule has 13 heavy (non-hydrogen) atoms. The number of carbonyl (C=O) groups is 1. The number of carbonyl (C=O) groups excluding carboxylic acids is 1. The van der Waals surface area contributed by atoms with Gasteiger partial charge >= 0.3 is 0 Å². The molecule has 1 aromatic carbocycles. The van der Waals surface area contributed by atoms with Crippen LogP contribution in [0.5, 0.6) is 0 Å². The number of hydrogen-bond acceptors (Lipinski definition) is 1. The summed E-state index contributed by atoms with van der Waals surface area (Å²) in [5, 5.41) is 2.56. The molecule has 0 heterocycles. The van der Waals surface area contributed by atoms with Crippen LogP contribution in [0.1, 0.15) is 27.2 Å². The molecule has 0 spiro atoms. The van der Waals surface area contributed by atoms with Crippen molar-refractivity contribution in [1.29, 1.82) is 0 Å². The normalized spacial score (nSPS) is 16.4. The van der Waals surface area contributed by atoms with Gasteiger partial charge in [-0.05, 0) is 42.5 Å². The number of benzene rings is 1. The number of amides is 1. The minimum absolute atomic E-state index is 0.576. The van der Waals surface area contributed by atoms with E-state index in [1.165, 1.54) is 17.5 Å². The third kappa shape index (κ3) is 1.72. The summed E-state index contributed by atoms with van der Waals surface area (Å²) in [4.78, 5) is 11.1. The Labute approximate surface area is 80.8 Å². The van der Waals surface area contributed by atoms with E-state index in [-0.39, 0.29) is 0 Å². The molecular formula is C11H13NO. The Morgan fingerprint density at radius 3 is 3.15 bits per heavy atom. The lowest BCUT2D eigenvalue weighted by molar-refractivity contribution is -0.114. The molecule has 0 bridgehead atoms. The predicted molar refractivity (Wildman–Crippen MR) is 52.8 cm³/mol. The van der Waals surface area contributed by atoms with E-state index in [9.17, 15) is 4.79 Å². The molecule has 68 valence electrons. The molecule has 2 rings (SSSR count). The lowest BCUT2D eigenvalue weighted by atomic mass is 10.1. The summed E-state index contributed by atoms with van der Waals surface area (Å²) in [7, 11) is 0. The van der Waals surface area contributed by atoms with Crippen LogP contribution in [0.2, 0.25) is 0 Å². The lowest BCUT2D eigenvalue weighted by Crippen LogP contribution is -2.05. The molecule has 0 atom stereocenters. The van der Waals surface area contributed by atoms with E-state index in [1.807, 2.05) is 18.2 Å². The van der Waals surface area contributed by atoms with E-state index in [0.717, 1.165) is 12.8 Å². The van der Waals surface area contributed by atoms with Crippen molar-refractivity contribution in [2.45, 2.75) is 26.1 Å². The van der Waals surface area contributed by atoms with Crippen LogP contribution in [0.3, 0.4) is 0 Å². The van der Waals surface area contributed by atoms with Crippen LogP contribution in [0.4, 0.5) is 5.69 Å². The van der Waals surface area contributed by atoms with Crippen molar-refractivity contribution in [1.82, 2.24) is 0 Å². The lowest BCUT2D eigenvalue weighted by Gasteiger charge is -2.04. The fraction of sp³-hybridized carbons (Fsp3) is 0.364. The van der Waals surface area contributed by atoms with Gasteiger partial charge in [-0.15, -0.1) is 0 Å². The van der Waals surface area contributed by atoms with Crippen molar-refractivity contribution >= 4 is 11.6 Å². The Hall–Kier alpha value is -1.31. The van der Waals surface area contributed by atoms with Crippen LogP contribution in [0.15, 0.2) is 18.2 Å². The van der Waals surface area contributed by atoms with Crippen LogP contribution >= 0.6 is 0 Å². The number of anilines is 1. The summed E-state index contributed by atoms with van der Waals surface area (Å²) in [6.45, 7) is -1.46. The molecule has 2 heteroatoms. The van der Waals surface area contributed by atoms with Gasteiger partial charge in [-0.3, -0.25) is 4.79 Å². The molecule has 0 radical (unpaired) electrons. The minimum atomic E-state index is -1.46. The van der Waals surface area contributed by atoms with Crippen molar-refractivity contribution in [3.05, 3.63) is 29.3 Å². The maximum absolute atomic E-state index is 11.1. The van der Waals surface area contributed by atoms with Crippen LogP contribution in [-0.4, -0.2) is 5.91 Å². The Kier molecular flexibility index (Phi) is 1.53. The van der Waals surface area contributed by atoms with E-state index in [1.54, 1.807) is 0 Å². The van der Waals surface area contributed by atoms with Gasteiger partial charge in [0.15, 0.2) is 0 Å². The Bertz CT molecular complexity index is 390. The standard InChI is InChI=1S/C11H13NO/c1-8(13)12-11-6-5-9-3-2-4-10(9)7-11/h5-7H,2-4H2,1H3,(H,12,13)/i1D2. The van der Waals surface area contributed by atoms with E-state index in [0.29, 0.717) is 5.69 Å². The molecule has 1 N–H and O–H groups in total. The van der Waals surface area contributed by atoms with Crippen molar-refractivity contribution in [3.63, 3.8) is 0 Å². The summed E-state index contributed by atoms with van der Waals surface area (Å²) in [5.74, 6) is -0.576. The zero-order chi connectivity index (χ0) is 10.8. The smallest absolute Gasteiger partial charge is 0.221 e. The average Bonchev–Trinajstić information content (AvgIpc) is 2.64. The Morgan fingerprint density at radius 2 is 2.31 bits per heavy atom. The predicted octanol–water partition coefficient (Wildman–Crippen LogP) is 2.13. The van der Waals surface area contributed by atoms with Crippen molar-refractivity contribution < 1.29 is 7.54 Å². The van der Waals surface area contributed by atoms with E-state index < -0.39 is 12.8 Å². The van der Waals surface area contributed by atoms with Gasteiger partial charge < -0.3 is 5.32 Å². The van der Waals surface area contributed by atoms with Gasteiger partial charge in [-0.25, -0.2) is 0 Å². The maximum atomic E-state index is 11.1. The average molecular weight is 177 g/mol. The molecule has 0 aliphatic heterocycles. The molecule has 1 aliphatic rings. The number of aryl methyl sites for hydroxylation is 2. The molecule has 0 unspecified atom stereocenters. The molecule has 0 saturated heterocycles. The van der Waals surface area contributed by atoms with Crippen LogP contribution in [-0.2, 0) is 17.6 Å². The minimum Gasteiger partial charge on any atom is -0.326 e. The number of nitrogens with one attached hydrogen (secondary N) is 1. The molecule has 0 saturated carbocycles. The Morgan fingerprint density at radius 1 is 1.46 bits per heavy atom. The summed E-state index contributed by atoms with van der Waals surface area (Å²) in [5.41, 5.74) is 3.32. The summed E-state index contributed by atoms with van der Waals surface area (Å²) in [6, 6.07) is 5.80. The molecule has 0 fully saturated rings. The quantitative estimate of drug-likeness (QED) is 0.699. The molecule has 0 aromatic heterocycles. The van der Waals surface area contributed by atoms with E-state index >= 15 is 0 Å². The van der Waals surface area contributed by atoms with Crippen LogP contribution in [0.25, 0.3) is 0 Å². The van der Waals surface area contributed by atoms with Gasteiger partial charge in [0.05, 0.1) is 0 Å². The highest BCUT2D eigenvalue weighted by molar-refractivity contribution is 5.88. The molecule has 1 aromatic rings. The zero-order valence-corrected chi connectivity index (χ0v) is 7.34. The molecule has 2 nitrogen and oxygen atoms in total. The van der Waals surface area contributed by atoms with Gasteiger partial charge in [-0.2, -0.15) is 0 Å². The van der Waals surface area contributed by atoms with Crippen molar-refractivity contribution in [2.24, 2.45) is 0 Å². The first-order chi connectivity index (χ1) is 7.16. The number of hydrogen-bond donors (Lipinski definition) is 1. The molecular weight excluding hydrogens is 162 g/mol. The fourth-order valence-corrected chi connectivity index (χ4v) is 1.79. The van der Waals surface area contributed by atoms with Crippen LogP contribution < -0.4 is 5.32 Å². The van der Waals surface area contributed by atoms with E-state index in [4.69, 9.17) is 2.74 Å². The zero-order valence-electron chi connectivity index (χ0n) is 9.34. The molecule has 1 aliphatic carbocycles. The van der Waals surface area contributed by atoms with Gasteiger partial charge in [0, 0.05) is 15.3 Å². The third-order valence-corrected chi connectivity index (χ3v) is 2.37. The highest BCUT2D eigenvalue weighted by Gasteiger charge is 2.10. The number of rotatable bonds is 1. The second-order valence-corrected chi connectivity index (χ2v) is 3.33. The van der Waals surface area contributed by atoms with Gasteiger partial charge in [0.2, 0.25) is 5.91 Å². The second kappa shape index (κ2) is 3.21. The van der Waals surface area contributed by atoms with Gasteiger partial charge in [0.1, 0.15) is 0 Å². The second-order valence-electron chi connectivity index (χ2n) is 3.33. The largest absolute Gasteiger partial charge is 0.326 e. The molecule has 1 amide bonds. The van der Waals surface area contributed by atoms with E-state index in [2.05, 4.69) is 5.32 Å². The SMILES string of the molecule is [2H]C([2H])C(=O)Nc1ccc2c(c1)CCC2. The topological polar surface area (TPSA) is 29.1 Å². The summed E-state index contributed by atoms with van der Waals surface area (Å²) in [6.07, 6.45) is 3.35. The van der Waals surface area contributed by atoms with Crippen molar-refractivity contribution in [2.75, 3.05) is 5.32 Å². The highest BCUT2D eigenvalue weighted by Crippen LogP contribution is 2.24. The highest BCUT2D eigenvalue weighted by atomic mass is 16.1. The van der Waals surface area contributed by atoms with Gasteiger partial charge in [0.25, 0.3) is 0 Å². The number of fused-ring (bicyclic) bond motifs is 1. The maximum Gasteiger partial charge on any atom is 0.221 e. The third-order valence-electron chi connectivity index (χ3n) is 2.37. The first-order valence-corrected chi connectivity index (χ1v) is 4.44. The fourth-order valence-electron chi connectivity index (χ4n) is 1.79. The first kappa shape index (κ1) is 6.19. The monoisotopic (exact) mass is 177 g/mol. The Balaban J connectivity index is 2.13. The van der Waals surface area contributed by atoms with Crippen molar-refractivity contribution in [3.8, 4) is 0 Å². The summed E-state index contributed by atoms with van der Waals surface area (Å²) >= 11 is 0. The summed E-state index contributed by atoms with van der Waals surface area (Å²) < 4.78 is 13.9.